The van der Waals surface area contributed by atoms with Crippen molar-refractivity contribution in [1.29, 1.82) is 5.26 Å². The predicted octanol–water partition coefficient (Wildman–Crippen LogP) is 3.91. The fraction of sp³-hybridized carbons (Fsp3) is 0.188. The zero-order valence-electron chi connectivity index (χ0n) is 11.4. The van der Waals surface area contributed by atoms with Crippen molar-refractivity contribution in [2.24, 2.45) is 0 Å². The van der Waals surface area contributed by atoms with Crippen LogP contribution in [0.15, 0.2) is 40.9 Å². The summed E-state index contributed by atoms with van der Waals surface area (Å²) in [6.45, 7) is 2.09. The van der Waals surface area contributed by atoms with Gasteiger partial charge >= 0.3 is 0 Å². The molecule has 0 amide bonds. The molecule has 0 heterocycles. The molecule has 5 heteroatoms. The number of anilines is 1. The smallest absolute Gasteiger partial charge is 0.137 e. The molecule has 0 saturated carbocycles. The van der Waals surface area contributed by atoms with E-state index in [1.807, 2.05) is 6.07 Å². The molecule has 0 aliphatic heterocycles. The number of aliphatic hydroxyl groups is 1. The van der Waals surface area contributed by atoms with Crippen molar-refractivity contribution in [3.05, 3.63) is 63.4 Å². The predicted molar refractivity (Wildman–Crippen MR) is 83.4 cm³/mol. The van der Waals surface area contributed by atoms with Gasteiger partial charge in [-0.15, -0.1) is 0 Å². The van der Waals surface area contributed by atoms with Crippen LogP contribution in [0.1, 0.15) is 22.8 Å². The van der Waals surface area contributed by atoms with E-state index < -0.39 is 6.10 Å². The molecular formula is C16H14BrFN2O. The Bertz CT molecular complexity index is 680. The Morgan fingerprint density at radius 3 is 2.62 bits per heavy atom. The Morgan fingerprint density at radius 1 is 1.33 bits per heavy atom. The van der Waals surface area contributed by atoms with Gasteiger partial charge in [-0.25, -0.2) is 4.39 Å². The van der Waals surface area contributed by atoms with E-state index in [9.17, 15) is 9.50 Å². The van der Waals surface area contributed by atoms with E-state index in [-0.39, 0.29) is 5.82 Å². The minimum atomic E-state index is -0.707. The lowest BCUT2D eigenvalue weighted by Crippen LogP contribution is -2.13. The number of aliphatic hydroxyl groups excluding tert-OH is 1. The van der Waals surface area contributed by atoms with Crippen molar-refractivity contribution in [3.8, 4) is 6.07 Å². The highest BCUT2D eigenvalue weighted by Crippen LogP contribution is 2.25. The first-order valence-corrected chi connectivity index (χ1v) is 7.18. The van der Waals surface area contributed by atoms with Crippen LogP contribution in [0.2, 0.25) is 0 Å². The highest BCUT2D eigenvalue weighted by molar-refractivity contribution is 9.10. The summed E-state index contributed by atoms with van der Waals surface area (Å²) in [5.41, 5.74) is 2.80. The number of rotatable bonds is 4. The lowest BCUT2D eigenvalue weighted by molar-refractivity contribution is 0.191. The van der Waals surface area contributed by atoms with Crippen LogP contribution in [-0.2, 0) is 0 Å². The lowest BCUT2D eigenvalue weighted by Gasteiger charge is -2.15. The molecule has 0 aromatic heterocycles. The second-order valence-electron chi connectivity index (χ2n) is 4.71. The first-order valence-electron chi connectivity index (χ1n) is 6.39. The van der Waals surface area contributed by atoms with Crippen LogP contribution in [0.25, 0.3) is 0 Å². The molecule has 2 aromatic rings. The molecule has 21 heavy (non-hydrogen) atoms. The van der Waals surface area contributed by atoms with Crippen molar-refractivity contribution in [1.82, 2.24) is 0 Å². The highest BCUT2D eigenvalue weighted by Gasteiger charge is 2.10. The first kappa shape index (κ1) is 15.5. The minimum absolute atomic E-state index is 0.296. The third-order valence-electron chi connectivity index (χ3n) is 3.18. The molecule has 3 nitrogen and oxygen atoms in total. The Labute approximate surface area is 131 Å². The molecule has 0 aliphatic carbocycles. The summed E-state index contributed by atoms with van der Waals surface area (Å²) in [5, 5.41) is 22.0. The lowest BCUT2D eigenvalue weighted by atomic mass is 10.1. The average Bonchev–Trinajstić information content (AvgIpc) is 2.49. The maximum absolute atomic E-state index is 13.3. The third-order valence-corrected chi connectivity index (χ3v) is 3.79. The number of halogens is 2. The molecule has 1 unspecified atom stereocenters. The fourth-order valence-corrected chi connectivity index (χ4v) is 2.28. The van der Waals surface area contributed by atoms with Crippen LogP contribution in [0.3, 0.4) is 0 Å². The van der Waals surface area contributed by atoms with Gasteiger partial charge < -0.3 is 10.4 Å². The van der Waals surface area contributed by atoms with Gasteiger partial charge in [0, 0.05) is 12.2 Å². The van der Waals surface area contributed by atoms with Gasteiger partial charge in [0.2, 0.25) is 0 Å². The highest BCUT2D eigenvalue weighted by atomic mass is 79.9. The van der Waals surface area contributed by atoms with Gasteiger partial charge in [-0.1, -0.05) is 12.1 Å². The van der Waals surface area contributed by atoms with Crippen molar-refractivity contribution in [3.63, 3.8) is 0 Å². The van der Waals surface area contributed by atoms with Gasteiger partial charge in [0.15, 0.2) is 0 Å². The van der Waals surface area contributed by atoms with E-state index in [0.717, 1.165) is 16.8 Å². The Balaban J connectivity index is 2.05. The van der Waals surface area contributed by atoms with Gasteiger partial charge in [-0.3, -0.25) is 0 Å². The Morgan fingerprint density at radius 2 is 2.00 bits per heavy atom. The SMILES string of the molecule is Cc1cc(F)c(Br)cc1NCC(O)c1ccc(C#N)cc1. The zero-order valence-corrected chi connectivity index (χ0v) is 13.0. The van der Waals surface area contributed by atoms with Crippen molar-refractivity contribution in [2.45, 2.75) is 13.0 Å². The molecule has 0 radical (unpaired) electrons. The summed E-state index contributed by atoms with van der Waals surface area (Å²) >= 11 is 3.14. The van der Waals surface area contributed by atoms with Crippen LogP contribution in [0.5, 0.6) is 0 Å². The Kier molecular flexibility index (Phi) is 4.94. The van der Waals surface area contributed by atoms with Gasteiger partial charge in [0.1, 0.15) is 5.82 Å². The average molecular weight is 349 g/mol. The number of hydrogen-bond acceptors (Lipinski definition) is 3. The number of nitriles is 1. The van der Waals surface area contributed by atoms with Crippen molar-refractivity contribution >= 4 is 21.6 Å². The van der Waals surface area contributed by atoms with Gasteiger partial charge in [0.25, 0.3) is 0 Å². The molecule has 0 spiro atoms. The summed E-state index contributed by atoms with van der Waals surface area (Å²) in [6.07, 6.45) is -0.707. The number of nitrogens with zero attached hydrogens (tertiary/aromatic N) is 1. The van der Waals surface area contributed by atoms with E-state index in [4.69, 9.17) is 5.26 Å². The molecule has 1 atom stereocenters. The molecule has 2 N–H and O–H groups in total. The van der Waals surface area contributed by atoms with E-state index in [1.54, 1.807) is 37.3 Å². The van der Waals surface area contributed by atoms with Gasteiger partial charge in [-0.05, 0) is 58.2 Å². The largest absolute Gasteiger partial charge is 0.387 e. The van der Waals surface area contributed by atoms with Crippen LogP contribution >= 0.6 is 15.9 Å². The summed E-state index contributed by atoms with van der Waals surface area (Å²) in [6, 6.07) is 11.9. The number of aryl methyl sites for hydroxylation is 1. The molecule has 2 aromatic carbocycles. The second-order valence-corrected chi connectivity index (χ2v) is 5.57. The summed E-state index contributed by atoms with van der Waals surface area (Å²) in [5.74, 6) is -0.314. The van der Waals surface area contributed by atoms with E-state index in [2.05, 4.69) is 21.2 Å². The third kappa shape index (κ3) is 3.81. The van der Waals surface area contributed by atoms with E-state index in [0.29, 0.717) is 16.6 Å². The zero-order chi connectivity index (χ0) is 15.4. The quantitative estimate of drug-likeness (QED) is 0.880. The van der Waals surface area contributed by atoms with E-state index in [1.165, 1.54) is 6.07 Å². The van der Waals surface area contributed by atoms with Crippen LogP contribution in [0.4, 0.5) is 10.1 Å². The molecule has 0 saturated heterocycles. The molecular weight excluding hydrogens is 335 g/mol. The molecule has 0 aliphatic rings. The minimum Gasteiger partial charge on any atom is -0.387 e. The summed E-state index contributed by atoms with van der Waals surface area (Å²) in [4.78, 5) is 0. The molecule has 0 fully saturated rings. The van der Waals surface area contributed by atoms with Crippen LogP contribution in [-0.4, -0.2) is 11.7 Å². The molecule has 0 bridgehead atoms. The molecule has 108 valence electrons. The Hall–Kier alpha value is -1.90. The normalized spacial score (nSPS) is 11.8. The van der Waals surface area contributed by atoms with E-state index >= 15 is 0 Å². The maximum Gasteiger partial charge on any atom is 0.137 e. The number of hydrogen-bond donors (Lipinski definition) is 2. The van der Waals surface area contributed by atoms with Gasteiger partial charge in [0.05, 0.1) is 22.2 Å². The number of nitrogens with one attached hydrogen (secondary N) is 1. The standard InChI is InChI=1S/C16H14BrFN2O/c1-10-6-14(18)13(17)7-15(10)20-9-16(21)12-4-2-11(8-19)3-5-12/h2-7,16,20-21H,9H2,1H3. The first-order chi connectivity index (χ1) is 10.0. The van der Waals surface area contributed by atoms with Crippen LogP contribution < -0.4 is 5.32 Å². The monoisotopic (exact) mass is 348 g/mol. The number of benzene rings is 2. The van der Waals surface area contributed by atoms with Crippen molar-refractivity contribution < 1.29 is 9.50 Å². The van der Waals surface area contributed by atoms with Crippen LogP contribution in [0, 0.1) is 24.1 Å². The topological polar surface area (TPSA) is 56.0 Å². The van der Waals surface area contributed by atoms with Crippen molar-refractivity contribution in [2.75, 3.05) is 11.9 Å². The van der Waals surface area contributed by atoms with Gasteiger partial charge in [-0.2, -0.15) is 5.26 Å². The molecule has 2 rings (SSSR count). The maximum atomic E-state index is 13.3. The summed E-state index contributed by atoms with van der Waals surface area (Å²) in [7, 11) is 0. The fourth-order valence-electron chi connectivity index (χ4n) is 1.94. The second kappa shape index (κ2) is 6.70. The summed E-state index contributed by atoms with van der Waals surface area (Å²) < 4.78 is 13.7.